The smallest absolute Gasteiger partial charge is 0.230 e. The second-order valence-corrected chi connectivity index (χ2v) is 3.69. The molecular formula is C11H7BrFNO. The van der Waals surface area contributed by atoms with Gasteiger partial charge in [-0.3, -0.25) is 0 Å². The largest absolute Gasteiger partial charge is 0.439 e. The number of para-hydroxylation sites is 1. The number of aromatic nitrogens is 1. The van der Waals surface area contributed by atoms with Crippen molar-refractivity contribution < 1.29 is 9.13 Å². The van der Waals surface area contributed by atoms with E-state index in [2.05, 4.69) is 20.9 Å². The molecule has 0 bridgehead atoms. The van der Waals surface area contributed by atoms with E-state index >= 15 is 0 Å². The van der Waals surface area contributed by atoms with Gasteiger partial charge in [-0.2, -0.15) is 9.37 Å². The average Bonchev–Trinajstić information content (AvgIpc) is 2.25. The summed E-state index contributed by atoms with van der Waals surface area (Å²) in [6.07, 6.45) is 0. The molecule has 2 nitrogen and oxygen atoms in total. The standard InChI is InChI=1S/C11H7BrFNO/c12-9-6-7-10(14-11(9)13)15-8-4-2-1-3-5-8/h1-7H. The van der Waals surface area contributed by atoms with Gasteiger partial charge in [0, 0.05) is 6.07 Å². The van der Waals surface area contributed by atoms with Crippen LogP contribution >= 0.6 is 15.9 Å². The molecule has 76 valence electrons. The van der Waals surface area contributed by atoms with Crippen molar-refractivity contribution in [3.8, 4) is 11.6 Å². The predicted octanol–water partition coefficient (Wildman–Crippen LogP) is 3.78. The molecule has 1 heterocycles. The van der Waals surface area contributed by atoms with Crippen LogP contribution in [0.4, 0.5) is 4.39 Å². The lowest BCUT2D eigenvalue weighted by Crippen LogP contribution is -1.90. The number of ether oxygens (including phenoxy) is 1. The minimum Gasteiger partial charge on any atom is -0.439 e. The summed E-state index contributed by atoms with van der Waals surface area (Å²) in [6, 6.07) is 12.3. The maximum atomic E-state index is 13.0. The molecule has 1 aromatic heterocycles. The Morgan fingerprint density at radius 3 is 2.47 bits per heavy atom. The van der Waals surface area contributed by atoms with Crippen molar-refractivity contribution in [2.45, 2.75) is 0 Å². The summed E-state index contributed by atoms with van der Waals surface area (Å²) >= 11 is 3.02. The van der Waals surface area contributed by atoms with E-state index in [1.54, 1.807) is 24.3 Å². The Kier molecular flexibility index (Phi) is 2.97. The van der Waals surface area contributed by atoms with Crippen molar-refractivity contribution in [1.29, 1.82) is 0 Å². The topological polar surface area (TPSA) is 22.1 Å². The number of pyridine rings is 1. The summed E-state index contributed by atoms with van der Waals surface area (Å²) in [7, 11) is 0. The molecule has 0 N–H and O–H groups in total. The lowest BCUT2D eigenvalue weighted by Gasteiger charge is -2.04. The summed E-state index contributed by atoms with van der Waals surface area (Å²) in [5.74, 6) is 0.289. The zero-order valence-electron chi connectivity index (χ0n) is 7.65. The fourth-order valence-corrected chi connectivity index (χ4v) is 1.29. The number of hydrogen-bond acceptors (Lipinski definition) is 2. The predicted molar refractivity (Wildman–Crippen MR) is 58.4 cm³/mol. The first-order valence-corrected chi connectivity index (χ1v) is 5.10. The van der Waals surface area contributed by atoms with E-state index in [0.29, 0.717) is 10.2 Å². The Morgan fingerprint density at radius 2 is 1.80 bits per heavy atom. The first kappa shape index (κ1) is 10.1. The van der Waals surface area contributed by atoms with E-state index in [1.807, 2.05) is 18.2 Å². The first-order valence-electron chi connectivity index (χ1n) is 4.30. The quantitative estimate of drug-likeness (QED) is 0.773. The molecule has 1 aromatic carbocycles. The summed E-state index contributed by atoms with van der Waals surface area (Å²) < 4.78 is 18.7. The van der Waals surface area contributed by atoms with Crippen LogP contribution in [0.2, 0.25) is 0 Å². The van der Waals surface area contributed by atoms with Gasteiger partial charge in [-0.1, -0.05) is 18.2 Å². The van der Waals surface area contributed by atoms with Gasteiger partial charge in [0.05, 0.1) is 4.47 Å². The zero-order valence-corrected chi connectivity index (χ0v) is 9.24. The monoisotopic (exact) mass is 267 g/mol. The fraction of sp³-hybridized carbons (Fsp3) is 0. The highest BCUT2D eigenvalue weighted by molar-refractivity contribution is 9.10. The normalized spacial score (nSPS) is 10.0. The maximum Gasteiger partial charge on any atom is 0.230 e. The van der Waals surface area contributed by atoms with Gasteiger partial charge >= 0.3 is 0 Å². The molecule has 0 radical (unpaired) electrons. The molecule has 0 unspecified atom stereocenters. The Hall–Kier alpha value is -1.42. The van der Waals surface area contributed by atoms with Crippen molar-refractivity contribution in [2.75, 3.05) is 0 Å². The minimum absolute atomic E-state index is 0.238. The van der Waals surface area contributed by atoms with E-state index < -0.39 is 5.95 Å². The SMILES string of the molecule is Fc1nc(Oc2ccccc2)ccc1Br. The third-order valence-corrected chi connectivity index (χ3v) is 2.33. The molecule has 0 atom stereocenters. The van der Waals surface area contributed by atoms with Gasteiger partial charge in [-0.05, 0) is 34.1 Å². The van der Waals surface area contributed by atoms with Crippen LogP contribution in [0.5, 0.6) is 11.6 Å². The van der Waals surface area contributed by atoms with Gasteiger partial charge in [-0.25, -0.2) is 0 Å². The van der Waals surface area contributed by atoms with E-state index in [4.69, 9.17) is 4.74 Å². The molecule has 2 aromatic rings. The molecule has 2 rings (SSSR count). The van der Waals surface area contributed by atoms with Crippen LogP contribution in [-0.4, -0.2) is 4.98 Å². The molecule has 0 amide bonds. The van der Waals surface area contributed by atoms with Crippen LogP contribution < -0.4 is 4.74 Å². The third-order valence-electron chi connectivity index (χ3n) is 1.74. The lowest BCUT2D eigenvalue weighted by atomic mass is 10.3. The maximum absolute atomic E-state index is 13.0. The summed E-state index contributed by atoms with van der Waals surface area (Å²) in [6.45, 7) is 0. The van der Waals surface area contributed by atoms with E-state index in [9.17, 15) is 4.39 Å². The first-order chi connectivity index (χ1) is 7.25. The van der Waals surface area contributed by atoms with Gasteiger partial charge in [0.15, 0.2) is 0 Å². The Labute approximate surface area is 94.9 Å². The van der Waals surface area contributed by atoms with Crippen LogP contribution in [-0.2, 0) is 0 Å². The van der Waals surface area contributed by atoms with Crippen LogP contribution in [0.25, 0.3) is 0 Å². The van der Waals surface area contributed by atoms with E-state index in [1.165, 1.54) is 0 Å². The lowest BCUT2D eigenvalue weighted by molar-refractivity contribution is 0.444. The molecular weight excluding hydrogens is 261 g/mol. The van der Waals surface area contributed by atoms with Gasteiger partial charge in [0.2, 0.25) is 11.8 Å². The number of benzene rings is 1. The molecule has 0 fully saturated rings. The average molecular weight is 268 g/mol. The summed E-state index contributed by atoms with van der Waals surface area (Å²) in [5, 5.41) is 0. The van der Waals surface area contributed by atoms with Gasteiger partial charge in [0.1, 0.15) is 5.75 Å². The highest BCUT2D eigenvalue weighted by atomic mass is 79.9. The van der Waals surface area contributed by atoms with Crippen LogP contribution in [0.15, 0.2) is 46.9 Å². The van der Waals surface area contributed by atoms with Gasteiger partial charge in [0.25, 0.3) is 0 Å². The molecule has 0 aliphatic rings. The fourth-order valence-electron chi connectivity index (χ4n) is 1.07. The number of hydrogen-bond donors (Lipinski definition) is 0. The van der Waals surface area contributed by atoms with Crippen molar-refractivity contribution >= 4 is 15.9 Å². The molecule has 4 heteroatoms. The molecule has 0 aliphatic heterocycles. The Balaban J connectivity index is 2.22. The van der Waals surface area contributed by atoms with Crippen molar-refractivity contribution in [1.82, 2.24) is 4.98 Å². The second kappa shape index (κ2) is 4.40. The number of halogens is 2. The molecule has 0 saturated carbocycles. The van der Waals surface area contributed by atoms with Gasteiger partial charge in [-0.15, -0.1) is 0 Å². The molecule has 0 spiro atoms. The number of nitrogens with zero attached hydrogens (tertiary/aromatic N) is 1. The highest BCUT2D eigenvalue weighted by Crippen LogP contribution is 2.21. The Morgan fingerprint density at radius 1 is 1.07 bits per heavy atom. The number of rotatable bonds is 2. The van der Waals surface area contributed by atoms with E-state index in [0.717, 1.165) is 0 Å². The van der Waals surface area contributed by atoms with E-state index in [-0.39, 0.29) is 5.88 Å². The molecule has 0 saturated heterocycles. The summed E-state index contributed by atoms with van der Waals surface area (Å²) in [4.78, 5) is 3.63. The third kappa shape index (κ3) is 2.53. The van der Waals surface area contributed by atoms with Crippen LogP contribution in [0.3, 0.4) is 0 Å². The zero-order chi connectivity index (χ0) is 10.7. The van der Waals surface area contributed by atoms with Gasteiger partial charge < -0.3 is 4.74 Å². The van der Waals surface area contributed by atoms with Crippen LogP contribution in [0.1, 0.15) is 0 Å². The van der Waals surface area contributed by atoms with Crippen LogP contribution in [0, 0.1) is 5.95 Å². The highest BCUT2D eigenvalue weighted by Gasteiger charge is 2.03. The van der Waals surface area contributed by atoms with Crippen molar-refractivity contribution in [3.63, 3.8) is 0 Å². The van der Waals surface area contributed by atoms with Crippen molar-refractivity contribution in [3.05, 3.63) is 52.9 Å². The summed E-state index contributed by atoms with van der Waals surface area (Å²) in [5.41, 5.74) is 0. The van der Waals surface area contributed by atoms with Crippen molar-refractivity contribution in [2.24, 2.45) is 0 Å². The molecule has 0 aliphatic carbocycles. The second-order valence-electron chi connectivity index (χ2n) is 2.84. The minimum atomic E-state index is -0.580. The Bertz CT molecular complexity index is 461. The molecule has 15 heavy (non-hydrogen) atoms.